The maximum absolute atomic E-state index is 11.0. The minimum absolute atomic E-state index is 0.0363. The fourth-order valence-electron chi connectivity index (χ4n) is 0.840. The summed E-state index contributed by atoms with van der Waals surface area (Å²) in [4.78, 5) is -0.283. The van der Waals surface area contributed by atoms with Crippen LogP contribution in [0.1, 0.15) is 5.56 Å². The van der Waals surface area contributed by atoms with Gasteiger partial charge in [-0.3, -0.25) is 0 Å². The van der Waals surface area contributed by atoms with Crippen LogP contribution >= 0.6 is 38.2 Å². The van der Waals surface area contributed by atoms with Crippen molar-refractivity contribution in [3.05, 3.63) is 27.2 Å². The Morgan fingerprint density at radius 1 is 1.43 bits per heavy atom. The van der Waals surface area contributed by atoms with Crippen molar-refractivity contribution in [2.45, 2.75) is 4.90 Å². The molecule has 0 spiro atoms. The quantitative estimate of drug-likeness (QED) is 0.749. The van der Waals surface area contributed by atoms with Crippen molar-refractivity contribution in [2.24, 2.45) is 0 Å². The summed E-state index contributed by atoms with van der Waals surface area (Å²) in [6.07, 6.45) is 0. The van der Waals surface area contributed by atoms with Crippen LogP contribution in [-0.4, -0.2) is 8.42 Å². The molecule has 14 heavy (non-hydrogen) atoms. The number of nitriles is 1. The van der Waals surface area contributed by atoms with E-state index in [2.05, 4.69) is 15.9 Å². The molecule has 0 aliphatic heterocycles. The van der Waals surface area contributed by atoms with Crippen molar-refractivity contribution >= 4 is 47.3 Å². The van der Waals surface area contributed by atoms with Crippen LogP contribution in [-0.2, 0) is 9.05 Å². The summed E-state index contributed by atoms with van der Waals surface area (Å²) >= 11 is 8.78. The molecule has 1 aromatic rings. The van der Waals surface area contributed by atoms with E-state index in [1.54, 1.807) is 6.07 Å². The van der Waals surface area contributed by atoms with Crippen LogP contribution in [0.4, 0.5) is 0 Å². The van der Waals surface area contributed by atoms with Gasteiger partial charge in [0.25, 0.3) is 9.05 Å². The standard InChI is InChI=1S/C7H2BrCl2NO2S/c8-5-1-2-6(14(10,12)13)4(3-11)7(5)9/h1-2H. The summed E-state index contributed by atoms with van der Waals surface area (Å²) in [6.45, 7) is 0. The first-order valence-corrected chi connectivity index (χ1v) is 6.68. The zero-order chi connectivity index (χ0) is 10.9. The Bertz CT molecular complexity index is 521. The Balaban J connectivity index is 3.66. The highest BCUT2D eigenvalue weighted by atomic mass is 79.9. The summed E-state index contributed by atoms with van der Waals surface area (Å²) < 4.78 is 22.5. The van der Waals surface area contributed by atoms with Crippen LogP contribution in [0.3, 0.4) is 0 Å². The van der Waals surface area contributed by atoms with E-state index >= 15 is 0 Å². The molecule has 0 bridgehead atoms. The first-order chi connectivity index (χ1) is 6.38. The largest absolute Gasteiger partial charge is 0.262 e. The lowest BCUT2D eigenvalue weighted by Gasteiger charge is -2.02. The van der Waals surface area contributed by atoms with E-state index in [0.717, 1.165) is 0 Å². The Labute approximate surface area is 98.8 Å². The van der Waals surface area contributed by atoms with Gasteiger partial charge in [0.1, 0.15) is 11.0 Å². The minimum atomic E-state index is -3.94. The molecular weight excluding hydrogens is 313 g/mol. The molecule has 0 aromatic heterocycles. The third-order valence-corrected chi connectivity index (χ3v) is 4.08. The van der Waals surface area contributed by atoms with Gasteiger partial charge in [-0.25, -0.2) is 8.42 Å². The van der Waals surface area contributed by atoms with Gasteiger partial charge in [-0.15, -0.1) is 0 Å². The molecule has 0 radical (unpaired) electrons. The Morgan fingerprint density at radius 2 is 2.00 bits per heavy atom. The molecule has 0 heterocycles. The normalized spacial score (nSPS) is 11.0. The molecule has 7 heteroatoms. The van der Waals surface area contributed by atoms with Crippen molar-refractivity contribution in [3.63, 3.8) is 0 Å². The molecule has 0 fully saturated rings. The number of hydrogen-bond donors (Lipinski definition) is 0. The molecule has 74 valence electrons. The van der Waals surface area contributed by atoms with Crippen LogP contribution in [0.5, 0.6) is 0 Å². The summed E-state index contributed by atoms with van der Waals surface area (Å²) in [6, 6.07) is 4.32. The second-order valence-corrected chi connectivity index (χ2v) is 6.05. The number of rotatable bonds is 1. The average molecular weight is 315 g/mol. The van der Waals surface area contributed by atoms with E-state index in [1.165, 1.54) is 12.1 Å². The molecule has 0 atom stereocenters. The van der Waals surface area contributed by atoms with E-state index in [-0.39, 0.29) is 15.5 Å². The number of halogens is 3. The molecule has 3 nitrogen and oxygen atoms in total. The highest BCUT2D eigenvalue weighted by Crippen LogP contribution is 2.31. The van der Waals surface area contributed by atoms with Crippen LogP contribution in [0, 0.1) is 11.3 Å². The second-order valence-electron chi connectivity index (χ2n) is 2.28. The Kier molecular flexibility index (Phi) is 3.43. The van der Waals surface area contributed by atoms with E-state index in [9.17, 15) is 8.42 Å². The van der Waals surface area contributed by atoms with Crippen LogP contribution in [0.25, 0.3) is 0 Å². The van der Waals surface area contributed by atoms with Gasteiger partial charge < -0.3 is 0 Å². The third-order valence-electron chi connectivity index (χ3n) is 1.43. The van der Waals surface area contributed by atoms with Gasteiger partial charge in [0.15, 0.2) is 0 Å². The van der Waals surface area contributed by atoms with Crippen LogP contribution in [0.2, 0.25) is 5.02 Å². The molecule has 0 saturated heterocycles. The van der Waals surface area contributed by atoms with Gasteiger partial charge >= 0.3 is 0 Å². The molecule has 0 N–H and O–H groups in total. The summed E-state index contributed by atoms with van der Waals surface area (Å²) in [7, 11) is 1.17. The Morgan fingerprint density at radius 3 is 2.43 bits per heavy atom. The van der Waals surface area contributed by atoms with Gasteiger partial charge in [0, 0.05) is 15.2 Å². The van der Waals surface area contributed by atoms with Gasteiger partial charge in [-0.1, -0.05) is 11.6 Å². The minimum Gasteiger partial charge on any atom is -0.207 e. The van der Waals surface area contributed by atoms with Gasteiger partial charge in [0.2, 0.25) is 0 Å². The van der Waals surface area contributed by atoms with E-state index in [0.29, 0.717) is 4.47 Å². The summed E-state index contributed by atoms with van der Waals surface area (Å²) in [5, 5.41) is 8.74. The second kappa shape index (κ2) is 4.07. The maximum atomic E-state index is 11.0. The first kappa shape index (κ1) is 11.8. The molecular formula is C7H2BrCl2NO2S. The molecule has 1 rings (SSSR count). The number of hydrogen-bond acceptors (Lipinski definition) is 3. The lowest BCUT2D eigenvalue weighted by Crippen LogP contribution is -1.96. The van der Waals surface area contributed by atoms with Crippen molar-refractivity contribution in [3.8, 4) is 6.07 Å². The summed E-state index contributed by atoms with van der Waals surface area (Å²) in [5.74, 6) is 0. The molecule has 0 amide bonds. The molecule has 0 aliphatic rings. The Hall–Kier alpha value is -0.280. The zero-order valence-corrected chi connectivity index (χ0v) is 10.4. The zero-order valence-electron chi connectivity index (χ0n) is 6.46. The van der Waals surface area contributed by atoms with Gasteiger partial charge in [-0.05, 0) is 28.1 Å². The van der Waals surface area contributed by atoms with Crippen molar-refractivity contribution in [1.82, 2.24) is 0 Å². The first-order valence-electron chi connectivity index (χ1n) is 3.20. The SMILES string of the molecule is N#Cc1c(S(=O)(=O)Cl)ccc(Br)c1Cl. The summed E-state index contributed by atoms with van der Waals surface area (Å²) in [5.41, 5.74) is -0.156. The molecule has 0 saturated carbocycles. The number of nitrogens with zero attached hydrogens (tertiary/aromatic N) is 1. The maximum Gasteiger partial charge on any atom is 0.262 e. The predicted molar refractivity (Wildman–Crippen MR) is 56.9 cm³/mol. The lowest BCUT2D eigenvalue weighted by atomic mass is 10.2. The third kappa shape index (κ3) is 2.20. The fourth-order valence-corrected chi connectivity index (χ4v) is 2.44. The molecule has 0 aliphatic carbocycles. The van der Waals surface area contributed by atoms with Gasteiger partial charge in [-0.2, -0.15) is 5.26 Å². The topological polar surface area (TPSA) is 57.9 Å². The highest BCUT2D eigenvalue weighted by Gasteiger charge is 2.19. The van der Waals surface area contributed by atoms with E-state index in [1.807, 2.05) is 0 Å². The monoisotopic (exact) mass is 313 g/mol. The smallest absolute Gasteiger partial charge is 0.207 e. The van der Waals surface area contributed by atoms with Crippen molar-refractivity contribution in [1.29, 1.82) is 5.26 Å². The fraction of sp³-hybridized carbons (Fsp3) is 0. The predicted octanol–water partition coefficient (Wildman–Crippen LogP) is 2.90. The van der Waals surface area contributed by atoms with Gasteiger partial charge in [0.05, 0.1) is 10.6 Å². The average Bonchev–Trinajstić information content (AvgIpc) is 2.07. The molecule has 0 unspecified atom stereocenters. The van der Waals surface area contributed by atoms with E-state index in [4.69, 9.17) is 27.5 Å². The highest BCUT2D eigenvalue weighted by molar-refractivity contribution is 9.10. The van der Waals surface area contributed by atoms with Crippen molar-refractivity contribution in [2.75, 3.05) is 0 Å². The number of benzene rings is 1. The molecule has 1 aromatic carbocycles. The van der Waals surface area contributed by atoms with Crippen LogP contribution in [0.15, 0.2) is 21.5 Å². The van der Waals surface area contributed by atoms with Crippen LogP contribution < -0.4 is 0 Å². The van der Waals surface area contributed by atoms with Crippen molar-refractivity contribution < 1.29 is 8.42 Å². The van der Waals surface area contributed by atoms with E-state index < -0.39 is 9.05 Å². The lowest BCUT2D eigenvalue weighted by molar-refractivity contribution is 0.609.